The molecular formula is C15H18F3N3O2. The fourth-order valence-corrected chi connectivity index (χ4v) is 2.42. The molecule has 1 aromatic rings. The summed E-state index contributed by atoms with van der Waals surface area (Å²) in [6.07, 6.45) is -2.57. The molecule has 1 heterocycles. The van der Waals surface area contributed by atoms with Gasteiger partial charge < -0.3 is 15.5 Å². The fourth-order valence-electron chi connectivity index (χ4n) is 2.42. The van der Waals surface area contributed by atoms with Gasteiger partial charge in [-0.3, -0.25) is 4.79 Å². The number of benzene rings is 1. The third-order valence-corrected chi connectivity index (χ3v) is 3.54. The Balaban J connectivity index is 1.78. The van der Waals surface area contributed by atoms with Crippen molar-refractivity contribution in [2.45, 2.75) is 25.4 Å². The molecule has 0 aliphatic carbocycles. The molecule has 0 spiro atoms. The fraction of sp³-hybridized carbons (Fsp3) is 0.467. The lowest BCUT2D eigenvalue weighted by Crippen LogP contribution is -2.33. The van der Waals surface area contributed by atoms with Gasteiger partial charge in [-0.25, -0.2) is 4.79 Å². The van der Waals surface area contributed by atoms with E-state index in [1.54, 1.807) is 4.90 Å². The molecule has 1 aliphatic heterocycles. The molecule has 5 nitrogen and oxygen atoms in total. The average Bonchev–Trinajstić information content (AvgIpc) is 2.88. The maximum Gasteiger partial charge on any atom is 0.418 e. The summed E-state index contributed by atoms with van der Waals surface area (Å²) in [7, 11) is 0. The number of carbonyl (C=O) groups excluding carboxylic acids is 2. The van der Waals surface area contributed by atoms with Crippen LogP contribution in [-0.2, 0) is 11.0 Å². The number of nitrogens with zero attached hydrogens (tertiary/aromatic N) is 1. The van der Waals surface area contributed by atoms with Crippen molar-refractivity contribution < 1.29 is 22.8 Å². The zero-order valence-electron chi connectivity index (χ0n) is 12.4. The number of hydrogen-bond donors (Lipinski definition) is 2. The second-order valence-electron chi connectivity index (χ2n) is 5.26. The van der Waals surface area contributed by atoms with Crippen molar-refractivity contribution in [1.82, 2.24) is 10.2 Å². The molecule has 0 saturated carbocycles. The molecule has 0 unspecified atom stereocenters. The summed E-state index contributed by atoms with van der Waals surface area (Å²) < 4.78 is 38.4. The van der Waals surface area contributed by atoms with E-state index in [1.807, 2.05) is 0 Å². The Morgan fingerprint density at radius 1 is 1.26 bits per heavy atom. The highest BCUT2D eigenvalue weighted by atomic mass is 19.4. The van der Waals surface area contributed by atoms with Gasteiger partial charge in [-0.1, -0.05) is 12.1 Å². The number of carbonyl (C=O) groups is 2. The monoisotopic (exact) mass is 329 g/mol. The van der Waals surface area contributed by atoms with Crippen molar-refractivity contribution >= 4 is 17.6 Å². The molecule has 0 aromatic heterocycles. The minimum Gasteiger partial charge on any atom is -0.343 e. The Labute approximate surface area is 131 Å². The van der Waals surface area contributed by atoms with Crippen LogP contribution in [0.1, 0.15) is 24.8 Å². The Bertz CT molecular complexity index is 575. The Morgan fingerprint density at radius 2 is 2.00 bits per heavy atom. The van der Waals surface area contributed by atoms with Crippen LogP contribution in [0.4, 0.5) is 23.7 Å². The van der Waals surface area contributed by atoms with Gasteiger partial charge in [0.05, 0.1) is 11.3 Å². The Morgan fingerprint density at radius 3 is 2.65 bits per heavy atom. The number of nitrogens with one attached hydrogen (secondary N) is 2. The maximum atomic E-state index is 12.8. The van der Waals surface area contributed by atoms with Crippen LogP contribution >= 0.6 is 0 Å². The minimum atomic E-state index is -4.53. The zero-order valence-corrected chi connectivity index (χ0v) is 12.4. The lowest BCUT2D eigenvalue weighted by atomic mass is 10.1. The van der Waals surface area contributed by atoms with Crippen LogP contribution in [-0.4, -0.2) is 36.5 Å². The quantitative estimate of drug-likeness (QED) is 0.816. The van der Waals surface area contributed by atoms with Gasteiger partial charge in [0, 0.05) is 26.1 Å². The van der Waals surface area contributed by atoms with E-state index in [0.717, 1.165) is 19.0 Å². The van der Waals surface area contributed by atoms with Gasteiger partial charge in [-0.2, -0.15) is 13.2 Å². The SMILES string of the molecule is O=C(NCCCN1CCCC1=O)Nc1ccccc1C(F)(F)F. The number of amides is 3. The molecule has 1 aromatic carbocycles. The number of para-hydroxylation sites is 1. The largest absolute Gasteiger partial charge is 0.418 e. The lowest BCUT2D eigenvalue weighted by Gasteiger charge is -2.16. The second-order valence-corrected chi connectivity index (χ2v) is 5.26. The lowest BCUT2D eigenvalue weighted by molar-refractivity contribution is -0.137. The molecule has 1 saturated heterocycles. The van der Waals surface area contributed by atoms with Gasteiger partial charge in [0.15, 0.2) is 0 Å². The number of alkyl halides is 3. The first kappa shape index (κ1) is 17.1. The number of rotatable bonds is 5. The van der Waals surface area contributed by atoms with Crippen molar-refractivity contribution in [3.8, 4) is 0 Å². The Kier molecular flexibility index (Phi) is 5.46. The third kappa shape index (κ3) is 4.87. The second kappa shape index (κ2) is 7.34. The molecule has 126 valence electrons. The van der Waals surface area contributed by atoms with Crippen LogP contribution in [0.25, 0.3) is 0 Å². The summed E-state index contributed by atoms with van der Waals surface area (Å²) in [5.41, 5.74) is -1.18. The first-order chi connectivity index (χ1) is 10.9. The molecule has 2 N–H and O–H groups in total. The summed E-state index contributed by atoms with van der Waals surface area (Å²) in [6, 6.07) is 4.09. The highest BCUT2D eigenvalue weighted by Gasteiger charge is 2.33. The summed E-state index contributed by atoms with van der Waals surface area (Å²) in [5.74, 6) is 0.105. The summed E-state index contributed by atoms with van der Waals surface area (Å²) in [6.45, 7) is 1.55. The minimum absolute atomic E-state index is 0.105. The van der Waals surface area contributed by atoms with Crippen molar-refractivity contribution in [1.29, 1.82) is 0 Å². The third-order valence-electron chi connectivity index (χ3n) is 3.54. The van der Waals surface area contributed by atoms with Crippen molar-refractivity contribution in [3.05, 3.63) is 29.8 Å². The number of anilines is 1. The van der Waals surface area contributed by atoms with Gasteiger partial charge in [-0.05, 0) is 25.0 Å². The first-order valence-electron chi connectivity index (χ1n) is 7.37. The Hall–Kier alpha value is -2.25. The van der Waals surface area contributed by atoms with Crippen molar-refractivity contribution in [2.75, 3.05) is 25.0 Å². The molecule has 1 aliphatic rings. The molecule has 2 rings (SSSR count). The predicted octanol–water partition coefficient (Wildman–Crippen LogP) is 2.84. The number of likely N-dealkylation sites (tertiary alicyclic amines) is 1. The molecular weight excluding hydrogens is 311 g/mol. The van der Waals surface area contributed by atoms with Gasteiger partial charge in [-0.15, -0.1) is 0 Å². The molecule has 0 bridgehead atoms. The van der Waals surface area contributed by atoms with E-state index in [1.165, 1.54) is 18.2 Å². The molecule has 0 atom stereocenters. The normalized spacial score (nSPS) is 14.9. The van der Waals surface area contributed by atoms with Crippen LogP contribution in [0.2, 0.25) is 0 Å². The van der Waals surface area contributed by atoms with Gasteiger partial charge in [0.25, 0.3) is 0 Å². The molecule has 0 radical (unpaired) electrons. The van der Waals surface area contributed by atoms with E-state index in [4.69, 9.17) is 0 Å². The standard InChI is InChI=1S/C15H18F3N3O2/c16-15(17,18)11-5-1-2-6-12(11)20-14(23)19-8-4-10-21-9-3-7-13(21)22/h1-2,5-6H,3-4,7-10H2,(H2,19,20,23). The predicted molar refractivity (Wildman–Crippen MR) is 78.9 cm³/mol. The van der Waals surface area contributed by atoms with Crippen LogP contribution < -0.4 is 10.6 Å². The molecule has 8 heteroatoms. The summed E-state index contributed by atoms with van der Waals surface area (Å²) in [5, 5.41) is 4.70. The average molecular weight is 329 g/mol. The van der Waals surface area contributed by atoms with E-state index in [-0.39, 0.29) is 18.1 Å². The van der Waals surface area contributed by atoms with E-state index >= 15 is 0 Å². The molecule has 3 amide bonds. The van der Waals surface area contributed by atoms with Crippen LogP contribution in [0.5, 0.6) is 0 Å². The number of hydrogen-bond acceptors (Lipinski definition) is 2. The van der Waals surface area contributed by atoms with Gasteiger partial charge in [0.2, 0.25) is 5.91 Å². The van der Waals surface area contributed by atoms with Crippen molar-refractivity contribution in [3.63, 3.8) is 0 Å². The van der Waals surface area contributed by atoms with Crippen LogP contribution in [0, 0.1) is 0 Å². The van der Waals surface area contributed by atoms with Crippen LogP contribution in [0.3, 0.4) is 0 Å². The van der Waals surface area contributed by atoms with Crippen LogP contribution in [0.15, 0.2) is 24.3 Å². The van der Waals surface area contributed by atoms with E-state index in [2.05, 4.69) is 10.6 Å². The topological polar surface area (TPSA) is 61.4 Å². The van der Waals surface area contributed by atoms with E-state index in [9.17, 15) is 22.8 Å². The summed E-state index contributed by atoms with van der Waals surface area (Å²) in [4.78, 5) is 24.8. The molecule has 23 heavy (non-hydrogen) atoms. The molecule has 1 fully saturated rings. The first-order valence-corrected chi connectivity index (χ1v) is 7.37. The van der Waals surface area contributed by atoms with E-state index < -0.39 is 17.8 Å². The highest BCUT2D eigenvalue weighted by molar-refractivity contribution is 5.90. The van der Waals surface area contributed by atoms with Gasteiger partial charge in [0.1, 0.15) is 0 Å². The van der Waals surface area contributed by atoms with E-state index in [0.29, 0.717) is 19.4 Å². The smallest absolute Gasteiger partial charge is 0.343 e. The number of urea groups is 1. The maximum absolute atomic E-state index is 12.8. The van der Waals surface area contributed by atoms with Crippen molar-refractivity contribution in [2.24, 2.45) is 0 Å². The highest BCUT2D eigenvalue weighted by Crippen LogP contribution is 2.34. The van der Waals surface area contributed by atoms with Gasteiger partial charge >= 0.3 is 12.2 Å². The number of halogens is 3. The summed E-state index contributed by atoms with van der Waals surface area (Å²) >= 11 is 0. The zero-order chi connectivity index (χ0) is 16.9.